The van der Waals surface area contributed by atoms with Crippen LogP contribution in [0.1, 0.15) is 35.6 Å². The van der Waals surface area contributed by atoms with E-state index in [1.807, 2.05) is 24.3 Å². The number of benzene rings is 2. The van der Waals surface area contributed by atoms with Gasteiger partial charge in [0, 0.05) is 10.6 Å². The molecule has 1 heterocycles. The summed E-state index contributed by atoms with van der Waals surface area (Å²) in [7, 11) is 0. The zero-order valence-corrected chi connectivity index (χ0v) is 14.0. The first-order chi connectivity index (χ1) is 11.7. The molecule has 4 heteroatoms. The van der Waals surface area contributed by atoms with Crippen molar-refractivity contribution in [1.82, 2.24) is 5.32 Å². The number of fused-ring (bicyclic) bond motifs is 2. The number of nitrogens with one attached hydrogen (secondary N) is 1. The highest BCUT2D eigenvalue weighted by Crippen LogP contribution is 2.31. The molecule has 0 unspecified atom stereocenters. The third kappa shape index (κ3) is 2.92. The van der Waals surface area contributed by atoms with Crippen LogP contribution in [0.15, 0.2) is 48.0 Å². The second kappa shape index (κ2) is 6.33. The van der Waals surface area contributed by atoms with Gasteiger partial charge < -0.3 is 10.1 Å². The maximum atomic E-state index is 12.7. The van der Waals surface area contributed by atoms with E-state index >= 15 is 0 Å². The van der Waals surface area contributed by atoms with Crippen LogP contribution in [0.5, 0.6) is 5.75 Å². The number of carbonyl (C=O) groups excluding carboxylic acids is 1. The lowest BCUT2D eigenvalue weighted by atomic mass is 9.87. The van der Waals surface area contributed by atoms with Gasteiger partial charge in [0.25, 0.3) is 5.91 Å². The molecule has 0 aromatic heterocycles. The van der Waals surface area contributed by atoms with Gasteiger partial charge in [-0.15, -0.1) is 0 Å². The van der Waals surface area contributed by atoms with Crippen LogP contribution in [0.25, 0.3) is 6.08 Å². The Morgan fingerprint density at radius 1 is 1.21 bits per heavy atom. The predicted octanol–water partition coefficient (Wildman–Crippen LogP) is 4.31. The summed E-state index contributed by atoms with van der Waals surface area (Å²) in [5.41, 5.74) is 4.05. The first kappa shape index (κ1) is 15.3. The van der Waals surface area contributed by atoms with Crippen molar-refractivity contribution in [1.29, 1.82) is 0 Å². The molecular weight excluding hydrogens is 322 g/mol. The SMILES string of the molecule is O=C(N[C@H]1CCCc2ccccc21)C1=Cc2cc(Cl)ccc2OC1. The Morgan fingerprint density at radius 3 is 3.00 bits per heavy atom. The first-order valence-corrected chi connectivity index (χ1v) is 8.60. The summed E-state index contributed by atoms with van der Waals surface area (Å²) in [4.78, 5) is 12.7. The number of hydrogen-bond donors (Lipinski definition) is 1. The van der Waals surface area contributed by atoms with E-state index in [0.29, 0.717) is 10.6 Å². The summed E-state index contributed by atoms with van der Waals surface area (Å²) in [5.74, 6) is 0.696. The van der Waals surface area contributed by atoms with Crippen LogP contribution in [0, 0.1) is 0 Å². The molecule has 3 nitrogen and oxygen atoms in total. The Bertz CT molecular complexity index is 828. The van der Waals surface area contributed by atoms with E-state index in [9.17, 15) is 4.79 Å². The van der Waals surface area contributed by atoms with Crippen LogP contribution in [0.2, 0.25) is 5.02 Å². The van der Waals surface area contributed by atoms with Crippen LogP contribution >= 0.6 is 11.6 Å². The maximum Gasteiger partial charge on any atom is 0.251 e. The number of rotatable bonds is 2. The van der Waals surface area contributed by atoms with Gasteiger partial charge in [-0.25, -0.2) is 0 Å². The van der Waals surface area contributed by atoms with E-state index in [2.05, 4.69) is 23.5 Å². The number of ether oxygens (including phenoxy) is 1. The van der Waals surface area contributed by atoms with E-state index < -0.39 is 0 Å². The van der Waals surface area contributed by atoms with Gasteiger partial charge in [0.05, 0.1) is 11.6 Å². The predicted molar refractivity (Wildman–Crippen MR) is 95.2 cm³/mol. The topological polar surface area (TPSA) is 38.3 Å². The average molecular weight is 340 g/mol. The van der Waals surface area contributed by atoms with Crippen LogP contribution in [0.3, 0.4) is 0 Å². The van der Waals surface area contributed by atoms with Crippen molar-refractivity contribution in [3.63, 3.8) is 0 Å². The first-order valence-electron chi connectivity index (χ1n) is 8.22. The molecule has 0 fully saturated rings. The Balaban J connectivity index is 1.56. The van der Waals surface area contributed by atoms with Crippen molar-refractivity contribution in [2.45, 2.75) is 25.3 Å². The van der Waals surface area contributed by atoms with E-state index in [1.54, 1.807) is 6.07 Å². The Hall–Kier alpha value is -2.26. The highest BCUT2D eigenvalue weighted by molar-refractivity contribution is 6.30. The lowest BCUT2D eigenvalue weighted by Gasteiger charge is -2.27. The number of halogens is 1. The largest absolute Gasteiger partial charge is 0.488 e. The fourth-order valence-corrected chi connectivity index (χ4v) is 3.61. The molecular formula is C20H18ClNO2. The Morgan fingerprint density at radius 2 is 2.08 bits per heavy atom. The Labute approximate surface area is 146 Å². The van der Waals surface area contributed by atoms with Crippen LogP contribution < -0.4 is 10.1 Å². The summed E-state index contributed by atoms with van der Waals surface area (Å²) in [6.45, 7) is 0.287. The highest BCUT2D eigenvalue weighted by Gasteiger charge is 2.24. The van der Waals surface area contributed by atoms with Gasteiger partial charge in [-0.05, 0) is 54.7 Å². The molecule has 0 spiro atoms. The molecule has 0 saturated heterocycles. The molecule has 1 amide bonds. The van der Waals surface area contributed by atoms with Gasteiger partial charge in [-0.3, -0.25) is 4.79 Å². The summed E-state index contributed by atoms with van der Waals surface area (Å²) >= 11 is 6.03. The van der Waals surface area contributed by atoms with Crippen molar-refractivity contribution < 1.29 is 9.53 Å². The number of hydrogen-bond acceptors (Lipinski definition) is 2. The molecule has 0 radical (unpaired) electrons. The Kier molecular flexibility index (Phi) is 4.03. The van der Waals surface area contributed by atoms with Gasteiger partial charge in [0.1, 0.15) is 12.4 Å². The normalized spacial score (nSPS) is 18.7. The van der Waals surface area contributed by atoms with Gasteiger partial charge in [0.15, 0.2) is 0 Å². The lowest BCUT2D eigenvalue weighted by molar-refractivity contribution is -0.118. The average Bonchev–Trinajstić information content (AvgIpc) is 2.61. The summed E-state index contributed by atoms with van der Waals surface area (Å²) in [6, 6.07) is 13.9. The van der Waals surface area contributed by atoms with E-state index in [4.69, 9.17) is 16.3 Å². The third-order valence-corrected chi connectivity index (χ3v) is 4.89. The fraction of sp³-hybridized carbons (Fsp3) is 0.250. The lowest BCUT2D eigenvalue weighted by Crippen LogP contribution is -2.33. The minimum Gasteiger partial charge on any atom is -0.488 e. The maximum absolute atomic E-state index is 12.7. The summed E-state index contributed by atoms with van der Waals surface area (Å²) < 4.78 is 5.68. The minimum absolute atomic E-state index is 0.0673. The van der Waals surface area contributed by atoms with Crippen molar-refractivity contribution in [3.05, 3.63) is 69.8 Å². The minimum atomic E-state index is -0.0673. The molecule has 2 aromatic rings. The monoisotopic (exact) mass is 339 g/mol. The standard InChI is InChI=1S/C20H18ClNO2/c21-16-8-9-19-14(11-16)10-15(12-24-19)20(23)22-18-7-3-5-13-4-1-2-6-17(13)18/h1-2,4,6,8-11,18H,3,5,7,12H2,(H,22,23)/t18-/m0/s1. The zero-order chi connectivity index (χ0) is 16.5. The smallest absolute Gasteiger partial charge is 0.251 e. The van der Waals surface area contributed by atoms with E-state index in [-0.39, 0.29) is 18.6 Å². The molecule has 0 saturated carbocycles. The van der Waals surface area contributed by atoms with Crippen LogP contribution in [-0.2, 0) is 11.2 Å². The molecule has 1 N–H and O–H groups in total. The molecule has 0 bridgehead atoms. The van der Waals surface area contributed by atoms with Crippen molar-refractivity contribution in [2.75, 3.05) is 6.61 Å². The van der Waals surface area contributed by atoms with Crippen molar-refractivity contribution in [2.24, 2.45) is 0 Å². The zero-order valence-electron chi connectivity index (χ0n) is 13.2. The quantitative estimate of drug-likeness (QED) is 0.885. The number of aryl methyl sites for hydroxylation is 1. The molecule has 122 valence electrons. The van der Waals surface area contributed by atoms with E-state index in [0.717, 1.165) is 30.6 Å². The molecule has 1 atom stereocenters. The number of amides is 1. The van der Waals surface area contributed by atoms with Crippen LogP contribution in [0.4, 0.5) is 0 Å². The second-order valence-electron chi connectivity index (χ2n) is 6.26. The number of carbonyl (C=O) groups is 1. The van der Waals surface area contributed by atoms with Gasteiger partial charge in [0.2, 0.25) is 0 Å². The van der Waals surface area contributed by atoms with Crippen molar-refractivity contribution >= 4 is 23.6 Å². The van der Waals surface area contributed by atoms with Gasteiger partial charge in [-0.2, -0.15) is 0 Å². The fourth-order valence-electron chi connectivity index (χ4n) is 3.43. The van der Waals surface area contributed by atoms with Gasteiger partial charge >= 0.3 is 0 Å². The van der Waals surface area contributed by atoms with Crippen LogP contribution in [-0.4, -0.2) is 12.5 Å². The highest BCUT2D eigenvalue weighted by atomic mass is 35.5. The van der Waals surface area contributed by atoms with Crippen molar-refractivity contribution in [3.8, 4) is 5.75 Å². The molecule has 4 rings (SSSR count). The molecule has 24 heavy (non-hydrogen) atoms. The van der Waals surface area contributed by atoms with E-state index in [1.165, 1.54) is 11.1 Å². The molecule has 1 aliphatic carbocycles. The second-order valence-corrected chi connectivity index (χ2v) is 6.69. The summed E-state index contributed by atoms with van der Waals surface area (Å²) in [6.07, 6.45) is 5.02. The summed E-state index contributed by atoms with van der Waals surface area (Å²) in [5, 5.41) is 3.81. The van der Waals surface area contributed by atoms with Gasteiger partial charge in [-0.1, -0.05) is 35.9 Å². The third-order valence-electron chi connectivity index (χ3n) is 4.65. The molecule has 2 aromatic carbocycles. The molecule has 1 aliphatic heterocycles. The molecule has 2 aliphatic rings.